The zero-order valence-corrected chi connectivity index (χ0v) is 15.1. The van der Waals surface area contributed by atoms with Gasteiger partial charge in [-0.05, 0) is 31.2 Å². The van der Waals surface area contributed by atoms with Gasteiger partial charge in [-0.1, -0.05) is 71.8 Å². The van der Waals surface area contributed by atoms with Crippen molar-refractivity contribution in [3.05, 3.63) is 101 Å². The molecule has 0 amide bonds. The topological polar surface area (TPSA) is 46.5 Å². The van der Waals surface area contributed by atoms with E-state index in [0.717, 1.165) is 5.56 Å². The summed E-state index contributed by atoms with van der Waals surface area (Å²) in [5.74, 6) is 0. The highest BCUT2D eigenvalue weighted by Crippen LogP contribution is 2.20. The van der Waals surface area contributed by atoms with Crippen molar-refractivity contribution in [1.29, 1.82) is 0 Å². The lowest BCUT2D eigenvalue weighted by Crippen LogP contribution is -2.08. The van der Waals surface area contributed by atoms with Gasteiger partial charge >= 0.3 is 0 Å². The van der Waals surface area contributed by atoms with Crippen LogP contribution in [0.4, 0.5) is 0 Å². The molecule has 0 aliphatic carbocycles. The van der Waals surface area contributed by atoms with Crippen molar-refractivity contribution < 1.29 is 8.42 Å². The maximum atomic E-state index is 12.8. The molecule has 0 spiro atoms. The van der Waals surface area contributed by atoms with Crippen molar-refractivity contribution in [2.45, 2.75) is 11.8 Å². The zero-order valence-electron chi connectivity index (χ0n) is 13.6. The molecule has 0 unspecified atom stereocenters. The number of aryl methyl sites for hydroxylation is 1. The second-order valence-electron chi connectivity index (χ2n) is 5.60. The Balaban J connectivity index is 2.17. The Labute approximate surface area is 152 Å². The molecule has 0 atom stereocenters. The zero-order chi connectivity index (χ0) is 17.9. The molecule has 0 aromatic heterocycles. The fourth-order valence-corrected chi connectivity index (χ4v) is 3.61. The highest BCUT2D eigenvalue weighted by Gasteiger charge is 2.17. The number of hydrogen-bond acceptors (Lipinski definition) is 2. The summed E-state index contributed by atoms with van der Waals surface area (Å²) in [7, 11) is -3.84. The van der Waals surface area contributed by atoms with Gasteiger partial charge in [-0.15, -0.1) is 0 Å². The lowest BCUT2D eigenvalue weighted by Gasteiger charge is -2.08. The van der Waals surface area contributed by atoms with E-state index in [2.05, 4.69) is 4.40 Å². The summed E-state index contributed by atoms with van der Waals surface area (Å²) in [5.41, 5.74) is 2.71. The van der Waals surface area contributed by atoms with Crippen molar-refractivity contribution in [2.75, 3.05) is 0 Å². The normalized spacial score (nSPS) is 12.2. The SMILES string of the molecule is Cc1ccc(S(=O)(=O)/N=C(\c2ccccc2)c2cccc(Cl)c2)cc1. The van der Waals surface area contributed by atoms with Gasteiger partial charge in [0.25, 0.3) is 10.0 Å². The molecule has 3 nitrogen and oxygen atoms in total. The Bertz CT molecular complexity index is 1010. The first-order valence-corrected chi connectivity index (χ1v) is 9.50. The third-order valence-corrected chi connectivity index (χ3v) is 5.20. The molecular weight excluding hydrogens is 354 g/mol. The van der Waals surface area contributed by atoms with Gasteiger partial charge in [0.2, 0.25) is 0 Å². The van der Waals surface area contributed by atoms with Crippen molar-refractivity contribution in [3.8, 4) is 0 Å². The predicted octanol–water partition coefficient (Wildman–Crippen LogP) is 4.87. The summed E-state index contributed by atoms with van der Waals surface area (Å²) in [6, 6.07) is 22.8. The first-order chi connectivity index (χ1) is 12.0. The van der Waals surface area contributed by atoms with E-state index in [4.69, 9.17) is 11.6 Å². The molecule has 0 radical (unpaired) electrons. The summed E-state index contributed by atoms with van der Waals surface area (Å²) in [5, 5.41) is 0.522. The number of benzene rings is 3. The van der Waals surface area contributed by atoms with E-state index in [1.807, 2.05) is 37.3 Å². The fourth-order valence-electron chi connectivity index (χ4n) is 2.39. The van der Waals surface area contributed by atoms with E-state index in [-0.39, 0.29) is 4.90 Å². The molecule has 25 heavy (non-hydrogen) atoms. The number of rotatable bonds is 4. The second kappa shape index (κ2) is 7.21. The molecule has 0 N–H and O–H groups in total. The summed E-state index contributed by atoms with van der Waals surface area (Å²) in [6.07, 6.45) is 0. The molecular formula is C20H16ClNO2S. The predicted molar refractivity (Wildman–Crippen MR) is 102 cm³/mol. The van der Waals surface area contributed by atoms with Crippen LogP contribution >= 0.6 is 11.6 Å². The summed E-state index contributed by atoms with van der Waals surface area (Å²) in [4.78, 5) is 0.161. The molecule has 0 fully saturated rings. The minimum atomic E-state index is -3.84. The van der Waals surface area contributed by atoms with Gasteiger partial charge < -0.3 is 0 Å². The maximum absolute atomic E-state index is 12.8. The Kier molecular flexibility index (Phi) is 5.02. The van der Waals surface area contributed by atoms with Crippen LogP contribution in [0.15, 0.2) is 88.2 Å². The summed E-state index contributed by atoms with van der Waals surface area (Å²) >= 11 is 6.08. The standard InChI is InChI=1S/C20H16ClNO2S/c1-15-10-12-19(13-11-15)25(23,24)22-20(16-6-3-2-4-7-16)17-8-5-9-18(21)14-17/h2-14H,1H3/b22-20+. The molecule has 0 aliphatic rings. The van der Waals surface area contributed by atoms with Crippen molar-refractivity contribution in [2.24, 2.45) is 4.40 Å². The first kappa shape index (κ1) is 17.4. The Morgan fingerprint density at radius 2 is 1.48 bits per heavy atom. The molecule has 5 heteroatoms. The lowest BCUT2D eigenvalue weighted by molar-refractivity contribution is 0.598. The van der Waals surface area contributed by atoms with E-state index >= 15 is 0 Å². The fraction of sp³-hybridized carbons (Fsp3) is 0.0500. The second-order valence-corrected chi connectivity index (χ2v) is 7.64. The van der Waals surface area contributed by atoms with E-state index in [1.54, 1.807) is 48.5 Å². The number of sulfonamides is 1. The molecule has 3 aromatic rings. The molecule has 0 saturated carbocycles. The van der Waals surface area contributed by atoms with Crippen LogP contribution in [-0.2, 0) is 10.0 Å². The summed E-state index contributed by atoms with van der Waals surface area (Å²) < 4.78 is 29.7. The Morgan fingerprint density at radius 3 is 2.12 bits per heavy atom. The Hall–Kier alpha value is -2.43. The highest BCUT2D eigenvalue weighted by atomic mass is 35.5. The van der Waals surface area contributed by atoms with Crippen molar-refractivity contribution >= 4 is 27.3 Å². The van der Waals surface area contributed by atoms with Gasteiger partial charge in [-0.25, -0.2) is 0 Å². The summed E-state index contributed by atoms with van der Waals surface area (Å²) in [6.45, 7) is 1.90. The monoisotopic (exact) mass is 369 g/mol. The number of nitrogens with zero attached hydrogens (tertiary/aromatic N) is 1. The van der Waals surface area contributed by atoms with Crippen LogP contribution in [0.5, 0.6) is 0 Å². The first-order valence-electron chi connectivity index (χ1n) is 7.69. The molecule has 0 bridgehead atoms. The quantitative estimate of drug-likeness (QED) is 0.615. The van der Waals surface area contributed by atoms with E-state index in [0.29, 0.717) is 21.9 Å². The molecule has 0 aliphatic heterocycles. The maximum Gasteiger partial charge on any atom is 0.282 e. The minimum Gasteiger partial charge on any atom is -0.199 e. The van der Waals surface area contributed by atoms with Crippen molar-refractivity contribution in [3.63, 3.8) is 0 Å². The average molecular weight is 370 g/mol. The van der Waals surface area contributed by atoms with Gasteiger partial charge in [0.1, 0.15) is 0 Å². The van der Waals surface area contributed by atoms with Gasteiger partial charge in [0.05, 0.1) is 10.6 Å². The lowest BCUT2D eigenvalue weighted by atomic mass is 10.0. The van der Waals surface area contributed by atoms with Crippen molar-refractivity contribution in [1.82, 2.24) is 0 Å². The van der Waals surface area contributed by atoms with Crippen LogP contribution in [-0.4, -0.2) is 14.1 Å². The minimum absolute atomic E-state index is 0.161. The van der Waals surface area contributed by atoms with Gasteiger partial charge in [-0.2, -0.15) is 12.8 Å². The Morgan fingerprint density at radius 1 is 0.840 bits per heavy atom. The van der Waals surface area contributed by atoms with Crippen LogP contribution < -0.4 is 0 Å². The molecule has 0 heterocycles. The van der Waals surface area contributed by atoms with E-state index in [9.17, 15) is 8.42 Å². The van der Waals surface area contributed by atoms with E-state index < -0.39 is 10.0 Å². The average Bonchev–Trinajstić information content (AvgIpc) is 2.61. The molecule has 3 rings (SSSR count). The van der Waals surface area contributed by atoms with Crippen LogP contribution in [0.2, 0.25) is 5.02 Å². The highest BCUT2D eigenvalue weighted by molar-refractivity contribution is 7.90. The van der Waals surface area contributed by atoms with Crippen LogP contribution in [0.25, 0.3) is 0 Å². The van der Waals surface area contributed by atoms with E-state index in [1.165, 1.54) is 0 Å². The molecule has 0 saturated heterocycles. The van der Waals surface area contributed by atoms with Crippen LogP contribution in [0, 0.1) is 6.92 Å². The largest absolute Gasteiger partial charge is 0.282 e. The van der Waals surface area contributed by atoms with Crippen LogP contribution in [0.3, 0.4) is 0 Å². The number of hydrogen-bond donors (Lipinski definition) is 0. The van der Waals surface area contributed by atoms with Gasteiger partial charge in [0, 0.05) is 16.1 Å². The third-order valence-electron chi connectivity index (χ3n) is 3.68. The van der Waals surface area contributed by atoms with Crippen LogP contribution in [0.1, 0.15) is 16.7 Å². The molecule has 126 valence electrons. The van der Waals surface area contributed by atoms with Gasteiger partial charge in [-0.3, -0.25) is 0 Å². The smallest absolute Gasteiger partial charge is 0.199 e. The number of halogens is 1. The van der Waals surface area contributed by atoms with Gasteiger partial charge in [0.15, 0.2) is 0 Å². The third kappa shape index (κ3) is 4.16. The molecule has 3 aromatic carbocycles.